The van der Waals surface area contributed by atoms with E-state index in [9.17, 15) is 9.59 Å². The van der Waals surface area contributed by atoms with Gasteiger partial charge in [-0.3, -0.25) is 4.90 Å². The van der Waals surface area contributed by atoms with E-state index in [-0.39, 0.29) is 12.0 Å². The Morgan fingerprint density at radius 2 is 1.94 bits per heavy atom. The van der Waals surface area contributed by atoms with Crippen LogP contribution in [0.3, 0.4) is 0 Å². The highest BCUT2D eigenvalue weighted by Gasteiger charge is 2.57. The number of hydrogen-bond acceptors (Lipinski definition) is 4. The van der Waals surface area contributed by atoms with Crippen molar-refractivity contribution in [3.05, 3.63) is 0 Å². The van der Waals surface area contributed by atoms with Crippen LogP contribution < -0.4 is 0 Å². The number of rotatable bonds is 2. The van der Waals surface area contributed by atoms with Crippen LogP contribution in [0.4, 0.5) is 4.79 Å². The molecule has 0 aromatic rings. The largest absolute Gasteiger partial charge is 0.464 e. The van der Waals surface area contributed by atoms with Crippen LogP contribution in [0.1, 0.15) is 40.5 Å². The molecule has 0 aromatic carbocycles. The fourth-order valence-corrected chi connectivity index (χ4v) is 2.48. The number of piperidine rings is 1. The SMILES string of the molecule is CCOC(=O)[C@@H]1C[C@@H]2C[C@@H]2N1C(=O)OC(C)(C)C. The third-order valence-electron chi connectivity index (χ3n) is 3.27. The van der Waals surface area contributed by atoms with Gasteiger partial charge in [0.05, 0.1) is 6.61 Å². The number of carbonyl (C=O) groups excluding carboxylic acids is 2. The van der Waals surface area contributed by atoms with E-state index in [2.05, 4.69) is 0 Å². The molecular weight excluding hydrogens is 234 g/mol. The summed E-state index contributed by atoms with van der Waals surface area (Å²) in [6, 6.07) is -0.280. The van der Waals surface area contributed by atoms with Gasteiger partial charge in [-0.15, -0.1) is 0 Å². The highest BCUT2D eigenvalue weighted by atomic mass is 16.6. The summed E-state index contributed by atoms with van der Waals surface area (Å²) < 4.78 is 10.4. The normalized spacial score (nSPS) is 29.8. The molecule has 0 spiro atoms. The molecule has 1 saturated carbocycles. The number of hydrogen-bond donors (Lipinski definition) is 0. The molecule has 2 rings (SSSR count). The lowest BCUT2D eigenvalue weighted by molar-refractivity contribution is -0.148. The third kappa shape index (κ3) is 2.60. The van der Waals surface area contributed by atoms with Crippen molar-refractivity contribution >= 4 is 12.1 Å². The van der Waals surface area contributed by atoms with E-state index < -0.39 is 17.7 Å². The molecule has 5 heteroatoms. The maximum absolute atomic E-state index is 12.1. The molecule has 5 nitrogen and oxygen atoms in total. The summed E-state index contributed by atoms with van der Waals surface area (Å²) in [4.78, 5) is 25.5. The first kappa shape index (κ1) is 13.2. The zero-order chi connectivity index (χ0) is 13.5. The molecule has 102 valence electrons. The van der Waals surface area contributed by atoms with Crippen LogP contribution in [0.5, 0.6) is 0 Å². The smallest absolute Gasteiger partial charge is 0.411 e. The number of nitrogens with zero attached hydrogens (tertiary/aromatic N) is 1. The van der Waals surface area contributed by atoms with Crippen LogP contribution in [0.25, 0.3) is 0 Å². The summed E-state index contributed by atoms with van der Waals surface area (Å²) in [5.74, 6) is 0.141. The summed E-state index contributed by atoms with van der Waals surface area (Å²) in [7, 11) is 0. The van der Waals surface area contributed by atoms with Crippen LogP contribution in [0.2, 0.25) is 0 Å². The molecule has 0 aromatic heterocycles. The van der Waals surface area contributed by atoms with Crippen molar-refractivity contribution in [1.82, 2.24) is 4.90 Å². The first-order chi connectivity index (χ1) is 8.33. The minimum atomic E-state index is -0.538. The Kier molecular flexibility index (Phi) is 3.25. The van der Waals surface area contributed by atoms with Crippen molar-refractivity contribution in [3.8, 4) is 0 Å². The fraction of sp³-hybridized carbons (Fsp3) is 0.846. The maximum atomic E-state index is 12.1. The molecule has 1 amide bonds. The highest BCUT2D eigenvalue weighted by molar-refractivity contribution is 5.83. The van der Waals surface area contributed by atoms with E-state index in [0.717, 1.165) is 6.42 Å². The Bertz CT molecular complexity index is 360. The van der Waals surface area contributed by atoms with Gasteiger partial charge in [-0.2, -0.15) is 0 Å². The second-order valence-electron chi connectivity index (χ2n) is 5.95. The Morgan fingerprint density at radius 3 is 2.50 bits per heavy atom. The molecule has 18 heavy (non-hydrogen) atoms. The molecule has 3 atom stereocenters. The van der Waals surface area contributed by atoms with E-state index in [1.54, 1.807) is 11.8 Å². The van der Waals surface area contributed by atoms with Crippen LogP contribution in [0, 0.1) is 5.92 Å². The highest BCUT2D eigenvalue weighted by Crippen LogP contribution is 2.48. The molecule has 1 aliphatic heterocycles. The average Bonchev–Trinajstić information content (AvgIpc) is 2.86. The number of fused-ring (bicyclic) bond motifs is 1. The van der Waals surface area contributed by atoms with E-state index in [1.807, 2.05) is 20.8 Å². The van der Waals surface area contributed by atoms with Crippen LogP contribution in [-0.4, -0.2) is 41.3 Å². The van der Waals surface area contributed by atoms with Crippen molar-refractivity contribution in [2.24, 2.45) is 5.92 Å². The third-order valence-corrected chi connectivity index (χ3v) is 3.27. The Labute approximate surface area is 107 Å². The quantitative estimate of drug-likeness (QED) is 0.708. The van der Waals surface area contributed by atoms with Gasteiger partial charge in [0.1, 0.15) is 11.6 Å². The number of amides is 1. The molecule has 0 unspecified atom stereocenters. The molecule has 2 aliphatic rings. The molecule has 0 N–H and O–H groups in total. The first-order valence-electron chi connectivity index (χ1n) is 6.51. The van der Waals surface area contributed by atoms with Gasteiger partial charge >= 0.3 is 12.1 Å². The van der Waals surface area contributed by atoms with Gasteiger partial charge in [0.2, 0.25) is 0 Å². The predicted octanol–water partition coefficient (Wildman–Crippen LogP) is 1.95. The van der Waals surface area contributed by atoms with Crippen molar-refractivity contribution in [1.29, 1.82) is 0 Å². The topological polar surface area (TPSA) is 55.8 Å². The van der Waals surface area contributed by atoms with E-state index in [1.165, 1.54) is 0 Å². The number of ether oxygens (including phenoxy) is 2. The molecule has 1 heterocycles. The van der Waals surface area contributed by atoms with Crippen LogP contribution >= 0.6 is 0 Å². The van der Waals surface area contributed by atoms with Gasteiger partial charge in [-0.25, -0.2) is 9.59 Å². The van der Waals surface area contributed by atoms with Gasteiger partial charge in [-0.05, 0) is 46.5 Å². The Balaban J connectivity index is 2.04. The Hall–Kier alpha value is -1.26. The van der Waals surface area contributed by atoms with Crippen molar-refractivity contribution in [3.63, 3.8) is 0 Å². The van der Waals surface area contributed by atoms with E-state index >= 15 is 0 Å². The number of likely N-dealkylation sites (tertiary alicyclic amines) is 1. The molecule has 0 bridgehead atoms. The number of esters is 1. The lowest BCUT2D eigenvalue weighted by atomic mass is 10.1. The second kappa shape index (κ2) is 4.44. The monoisotopic (exact) mass is 255 g/mol. The first-order valence-corrected chi connectivity index (χ1v) is 6.51. The van der Waals surface area contributed by atoms with E-state index in [4.69, 9.17) is 9.47 Å². The van der Waals surface area contributed by atoms with Crippen molar-refractivity contribution in [2.45, 2.75) is 58.2 Å². The number of carbonyl (C=O) groups is 2. The molecule has 1 saturated heterocycles. The minimum Gasteiger partial charge on any atom is -0.464 e. The van der Waals surface area contributed by atoms with Gasteiger partial charge in [-0.1, -0.05) is 0 Å². The molecule has 2 fully saturated rings. The Morgan fingerprint density at radius 1 is 1.28 bits per heavy atom. The van der Waals surface area contributed by atoms with Gasteiger partial charge < -0.3 is 9.47 Å². The zero-order valence-corrected chi connectivity index (χ0v) is 11.4. The maximum Gasteiger partial charge on any atom is 0.411 e. The summed E-state index contributed by atoms with van der Waals surface area (Å²) in [5, 5.41) is 0. The fourth-order valence-electron chi connectivity index (χ4n) is 2.48. The predicted molar refractivity (Wildman–Crippen MR) is 65.0 cm³/mol. The minimum absolute atomic E-state index is 0.175. The van der Waals surface area contributed by atoms with Crippen LogP contribution in [0.15, 0.2) is 0 Å². The summed E-state index contributed by atoms with van der Waals surface area (Å²) in [5.41, 5.74) is -0.538. The lowest BCUT2D eigenvalue weighted by Crippen LogP contribution is -2.46. The average molecular weight is 255 g/mol. The van der Waals surface area contributed by atoms with Crippen LogP contribution in [-0.2, 0) is 14.3 Å². The van der Waals surface area contributed by atoms with Gasteiger partial charge in [0.25, 0.3) is 0 Å². The van der Waals surface area contributed by atoms with Gasteiger partial charge in [0, 0.05) is 6.04 Å². The lowest BCUT2D eigenvalue weighted by Gasteiger charge is -2.29. The zero-order valence-electron chi connectivity index (χ0n) is 11.4. The van der Waals surface area contributed by atoms with Crippen molar-refractivity contribution in [2.75, 3.05) is 6.61 Å². The summed E-state index contributed by atoms with van der Waals surface area (Å²) in [6.07, 6.45) is 1.29. The molecule has 0 radical (unpaired) electrons. The summed E-state index contributed by atoms with van der Waals surface area (Å²) in [6.45, 7) is 7.58. The second-order valence-corrected chi connectivity index (χ2v) is 5.95. The summed E-state index contributed by atoms with van der Waals surface area (Å²) >= 11 is 0. The van der Waals surface area contributed by atoms with Crippen molar-refractivity contribution < 1.29 is 19.1 Å². The molecular formula is C13H21NO4. The van der Waals surface area contributed by atoms with Gasteiger partial charge in [0.15, 0.2) is 0 Å². The molecule has 1 aliphatic carbocycles. The van der Waals surface area contributed by atoms with E-state index in [0.29, 0.717) is 18.9 Å². The standard InChI is InChI=1S/C13H21NO4/c1-5-17-11(15)10-7-8-6-9(8)14(10)12(16)18-13(2,3)4/h8-10H,5-7H2,1-4H3/t8-,9-,10-/m0/s1.